The van der Waals surface area contributed by atoms with Gasteiger partial charge in [0.25, 0.3) is 0 Å². The molecule has 0 aromatic heterocycles. The number of aromatic hydroxyl groups is 1. The Labute approximate surface area is 208 Å². The van der Waals surface area contributed by atoms with Gasteiger partial charge >= 0.3 is 0 Å². The van der Waals surface area contributed by atoms with Crippen LogP contribution < -0.4 is 14.9 Å². The number of phenols is 1. The van der Waals surface area contributed by atoms with Crippen LogP contribution in [-0.2, 0) is 22.0 Å². The number of hydrazone groups is 1. The second-order valence-electron chi connectivity index (χ2n) is 10.3. The van der Waals surface area contributed by atoms with Gasteiger partial charge in [-0.3, -0.25) is 4.79 Å². The van der Waals surface area contributed by atoms with Crippen LogP contribution in [0.4, 0.5) is 0 Å². The van der Waals surface area contributed by atoms with Crippen molar-refractivity contribution in [2.24, 2.45) is 5.10 Å². The zero-order valence-corrected chi connectivity index (χ0v) is 22.3. The van der Waals surface area contributed by atoms with Crippen molar-refractivity contribution in [3.05, 3.63) is 51.5 Å². The van der Waals surface area contributed by atoms with Crippen molar-refractivity contribution in [2.45, 2.75) is 72.1 Å². The topological polar surface area (TPSA) is 80.2 Å². The number of hydrogen-bond donors (Lipinski definition) is 2. The highest BCUT2D eigenvalue weighted by Crippen LogP contribution is 2.40. The van der Waals surface area contributed by atoms with Crippen LogP contribution in [0.3, 0.4) is 0 Å². The molecule has 0 saturated carbocycles. The number of rotatable bonds is 8. The normalized spacial score (nSPS) is 12.1. The van der Waals surface area contributed by atoms with Gasteiger partial charge in [-0.1, -0.05) is 65.3 Å². The summed E-state index contributed by atoms with van der Waals surface area (Å²) in [6.07, 6.45) is 2.32. The first kappa shape index (κ1) is 27.5. The van der Waals surface area contributed by atoms with E-state index in [9.17, 15) is 9.90 Å². The number of ether oxygens (including phenoxy) is 2. The minimum absolute atomic E-state index is 0.206. The Balaban J connectivity index is 2.11. The summed E-state index contributed by atoms with van der Waals surface area (Å²) in [6.45, 7) is 14.8. The van der Waals surface area contributed by atoms with Gasteiger partial charge in [0, 0.05) is 6.42 Å². The molecule has 0 aliphatic carbocycles. The number of methoxy groups -OCH3 is 1. The fraction of sp³-hybridized carbons (Fsp3) is 0.481. The highest BCUT2D eigenvalue weighted by Gasteiger charge is 2.26. The smallest absolute Gasteiger partial charge is 0.240 e. The summed E-state index contributed by atoms with van der Waals surface area (Å²) in [5.41, 5.74) is 5.59. The number of carbonyl (C=O) groups is 1. The van der Waals surface area contributed by atoms with E-state index < -0.39 is 0 Å². The molecule has 2 aromatic carbocycles. The molecule has 1 amide bonds. The predicted molar refractivity (Wildman–Crippen MR) is 139 cm³/mol. The maximum absolute atomic E-state index is 12.4. The molecule has 0 aliphatic rings. The molecule has 6 nitrogen and oxygen atoms in total. The number of nitrogens with zero attached hydrogens (tertiary/aromatic N) is 1. The molecular formula is C27H37ClN2O4. The van der Waals surface area contributed by atoms with E-state index in [2.05, 4.69) is 52.1 Å². The molecule has 2 rings (SSSR count). The fourth-order valence-electron chi connectivity index (χ4n) is 3.57. The number of hydrogen-bond acceptors (Lipinski definition) is 5. The zero-order valence-electron chi connectivity index (χ0n) is 21.5. The Morgan fingerprint density at radius 1 is 1.09 bits per heavy atom. The van der Waals surface area contributed by atoms with Gasteiger partial charge in [0.15, 0.2) is 11.5 Å². The third-order valence-corrected chi connectivity index (χ3v) is 5.65. The largest absolute Gasteiger partial charge is 0.507 e. The Kier molecular flexibility index (Phi) is 9.01. The lowest BCUT2D eigenvalue weighted by molar-refractivity contribution is -0.121. The summed E-state index contributed by atoms with van der Waals surface area (Å²) >= 11 is 6.28. The summed E-state index contributed by atoms with van der Waals surface area (Å²) in [5, 5.41) is 15.3. The number of carbonyl (C=O) groups excluding carboxylic acids is 1. The summed E-state index contributed by atoms with van der Waals surface area (Å²) in [7, 11) is 1.54. The first-order chi connectivity index (χ1) is 15.8. The molecule has 7 heteroatoms. The van der Waals surface area contributed by atoms with E-state index in [4.69, 9.17) is 21.1 Å². The number of phenolic OH excluding ortho intramolecular Hbond substituents is 1. The third-order valence-electron chi connectivity index (χ3n) is 5.37. The van der Waals surface area contributed by atoms with E-state index in [1.807, 2.05) is 19.1 Å². The van der Waals surface area contributed by atoms with Gasteiger partial charge in [-0.25, -0.2) is 5.43 Å². The van der Waals surface area contributed by atoms with E-state index in [0.717, 1.165) is 16.7 Å². The number of benzene rings is 2. The van der Waals surface area contributed by atoms with E-state index in [0.29, 0.717) is 40.9 Å². The number of aryl methyl sites for hydroxylation is 1. The molecule has 0 saturated heterocycles. The summed E-state index contributed by atoms with van der Waals surface area (Å²) < 4.78 is 10.8. The van der Waals surface area contributed by atoms with Crippen LogP contribution in [0.5, 0.6) is 17.2 Å². The maximum Gasteiger partial charge on any atom is 0.240 e. The van der Waals surface area contributed by atoms with Gasteiger partial charge in [0.1, 0.15) is 5.75 Å². The van der Waals surface area contributed by atoms with Crippen LogP contribution in [0.25, 0.3) is 0 Å². The second-order valence-corrected chi connectivity index (χ2v) is 10.7. The average Bonchev–Trinajstić information content (AvgIpc) is 2.73. The molecule has 0 unspecified atom stereocenters. The van der Waals surface area contributed by atoms with Gasteiger partial charge in [-0.15, -0.1) is 0 Å². The predicted octanol–water partition coefficient (Wildman–Crippen LogP) is 6.13. The van der Waals surface area contributed by atoms with Crippen molar-refractivity contribution >= 4 is 23.7 Å². The zero-order chi connectivity index (χ0) is 25.7. The lowest BCUT2D eigenvalue weighted by Crippen LogP contribution is -2.20. The lowest BCUT2D eigenvalue weighted by Gasteiger charge is -2.28. The van der Waals surface area contributed by atoms with Crippen LogP contribution in [-0.4, -0.2) is 30.9 Å². The molecule has 0 heterocycles. The van der Waals surface area contributed by atoms with E-state index >= 15 is 0 Å². The van der Waals surface area contributed by atoms with E-state index in [-0.39, 0.29) is 23.2 Å². The second kappa shape index (κ2) is 11.1. The Hall–Kier alpha value is -2.73. The first-order valence-corrected chi connectivity index (χ1v) is 11.8. The van der Waals surface area contributed by atoms with Crippen LogP contribution >= 0.6 is 11.6 Å². The first-order valence-electron chi connectivity index (χ1n) is 11.5. The Morgan fingerprint density at radius 3 is 2.18 bits per heavy atom. The summed E-state index contributed by atoms with van der Waals surface area (Å²) in [6, 6.07) is 7.43. The molecule has 34 heavy (non-hydrogen) atoms. The number of nitrogens with one attached hydrogen (secondary N) is 1. The van der Waals surface area contributed by atoms with Gasteiger partial charge in [-0.05, 0) is 58.6 Å². The van der Waals surface area contributed by atoms with Crippen LogP contribution in [0.2, 0.25) is 5.02 Å². The van der Waals surface area contributed by atoms with Crippen LogP contribution in [0.1, 0.15) is 77.1 Å². The number of amides is 1. The maximum atomic E-state index is 12.4. The molecule has 0 spiro atoms. The molecule has 186 valence electrons. The molecule has 0 bridgehead atoms. The molecule has 2 N–H and O–H groups in total. The van der Waals surface area contributed by atoms with Crippen LogP contribution in [0.15, 0.2) is 29.4 Å². The van der Waals surface area contributed by atoms with Crippen molar-refractivity contribution in [3.63, 3.8) is 0 Å². The van der Waals surface area contributed by atoms with Crippen molar-refractivity contribution < 1.29 is 19.4 Å². The van der Waals surface area contributed by atoms with E-state index in [1.165, 1.54) is 13.3 Å². The molecule has 0 atom stereocenters. The quantitative estimate of drug-likeness (QED) is 0.346. The molecule has 0 aliphatic heterocycles. The highest BCUT2D eigenvalue weighted by atomic mass is 35.5. The Bertz CT molecular complexity index is 1010. The van der Waals surface area contributed by atoms with Crippen molar-refractivity contribution in [1.29, 1.82) is 0 Å². The standard InChI is InChI=1S/C27H37ClN2O4/c1-9-34-25-21(28)14-18(15-22(25)33-8)16-29-30-23(31)11-10-17-12-19(26(2,3)4)24(32)20(13-17)27(5,6)7/h12-16,32H,9-11H2,1-8H3,(H,30,31)/b29-16-. The van der Waals surface area contributed by atoms with Crippen LogP contribution in [0, 0.1) is 0 Å². The minimum Gasteiger partial charge on any atom is -0.507 e. The molecule has 0 radical (unpaired) electrons. The van der Waals surface area contributed by atoms with Crippen molar-refractivity contribution in [3.8, 4) is 17.2 Å². The average molecular weight is 489 g/mol. The monoisotopic (exact) mass is 488 g/mol. The highest BCUT2D eigenvalue weighted by molar-refractivity contribution is 6.32. The number of halogens is 1. The third kappa shape index (κ3) is 7.13. The van der Waals surface area contributed by atoms with E-state index in [1.54, 1.807) is 12.1 Å². The Morgan fingerprint density at radius 2 is 1.68 bits per heavy atom. The lowest BCUT2D eigenvalue weighted by atomic mass is 9.78. The molecular weight excluding hydrogens is 452 g/mol. The van der Waals surface area contributed by atoms with Crippen molar-refractivity contribution in [1.82, 2.24) is 5.43 Å². The SMILES string of the molecule is CCOc1c(Cl)cc(/C=N\NC(=O)CCc2cc(C(C)(C)C)c(O)c(C(C)(C)C)c2)cc1OC. The summed E-state index contributed by atoms with van der Waals surface area (Å²) in [5.74, 6) is 1.11. The van der Waals surface area contributed by atoms with Crippen molar-refractivity contribution in [2.75, 3.05) is 13.7 Å². The molecule has 2 aromatic rings. The summed E-state index contributed by atoms with van der Waals surface area (Å²) in [4.78, 5) is 12.4. The van der Waals surface area contributed by atoms with Gasteiger partial charge in [0.05, 0.1) is 25.0 Å². The van der Waals surface area contributed by atoms with Gasteiger partial charge in [-0.2, -0.15) is 5.10 Å². The molecule has 0 fully saturated rings. The van der Waals surface area contributed by atoms with Gasteiger partial charge < -0.3 is 14.6 Å². The minimum atomic E-state index is -0.216. The fourth-order valence-corrected chi connectivity index (χ4v) is 3.85. The van der Waals surface area contributed by atoms with Gasteiger partial charge in [0.2, 0.25) is 5.91 Å².